The van der Waals surface area contributed by atoms with Crippen LogP contribution < -0.4 is 0 Å². The summed E-state index contributed by atoms with van der Waals surface area (Å²) in [5.41, 5.74) is -7.33. The van der Waals surface area contributed by atoms with Crippen molar-refractivity contribution in [3.8, 4) is 0 Å². The first-order chi connectivity index (χ1) is 28.0. The number of hydrogen-bond acceptors (Lipinski definition) is 14. The van der Waals surface area contributed by atoms with Crippen LogP contribution in [-0.2, 0) is 73.0 Å². The van der Waals surface area contributed by atoms with E-state index in [4.69, 9.17) is 47.4 Å². The van der Waals surface area contributed by atoms with E-state index in [-0.39, 0.29) is 32.0 Å². The SMILES string of the molecule is C=C(CC[C@@]12O[C@H](C(=O)OC(C)(C)C)[C@@](OCCC)(C(=O)OC(C)(C)C)[C@@](C(=O)OC(C)(C)C)(O1)[C@H](OCCC)[C@H]2OC(C)(C)OC)C(OC(C)=O)C(C)Cc1ccccc1. The third-order valence-electron chi connectivity index (χ3n) is 10.1. The Labute approximate surface area is 363 Å². The Kier molecular flexibility index (Phi) is 17.0. The second-order valence-corrected chi connectivity index (χ2v) is 19.6. The van der Waals surface area contributed by atoms with Gasteiger partial charge in [-0.25, -0.2) is 14.4 Å². The molecule has 3 rings (SSSR count). The van der Waals surface area contributed by atoms with Crippen LogP contribution in [0.3, 0.4) is 0 Å². The van der Waals surface area contributed by atoms with E-state index in [1.165, 1.54) is 14.0 Å². The van der Waals surface area contributed by atoms with E-state index in [0.717, 1.165) is 5.56 Å². The fraction of sp³-hybridized carbons (Fsp3) is 0.745. The van der Waals surface area contributed by atoms with Gasteiger partial charge in [0.1, 0.15) is 35.1 Å². The molecule has 61 heavy (non-hydrogen) atoms. The van der Waals surface area contributed by atoms with Gasteiger partial charge in [0.2, 0.25) is 23.1 Å². The quantitative estimate of drug-likeness (QED) is 0.0542. The second kappa shape index (κ2) is 20.0. The summed E-state index contributed by atoms with van der Waals surface area (Å²) < 4.78 is 64.2. The standard InChI is InChI=1S/C47H74O14/c1-18-27-53-36-35(56-44(15,16)52-17)45(26-25-30(3)34(55-32(5)48)31(4)29-33-23-21-20-22-24-33)57-37(38(49)58-41(6,7)8)46(54-28-19-2,39(50)59-42(9,10)11)47(36,61-45)40(51)60-43(12,13)14/h20-24,31,34-37H,3,18-19,25-29H2,1-2,4-17H3/t31?,34?,35-,36-,37-,45-,46-,47-/m1/s1. The van der Waals surface area contributed by atoms with Crippen LogP contribution in [0, 0.1) is 5.92 Å². The first-order valence-corrected chi connectivity index (χ1v) is 21.5. The maximum atomic E-state index is 15.5. The average Bonchev–Trinajstić information content (AvgIpc) is 3.35. The third kappa shape index (κ3) is 12.4. The van der Waals surface area contributed by atoms with Crippen molar-refractivity contribution in [3.05, 3.63) is 48.0 Å². The van der Waals surface area contributed by atoms with Gasteiger partial charge in [-0.1, -0.05) is 57.7 Å². The molecule has 0 saturated carbocycles. The molecule has 2 bridgehead atoms. The van der Waals surface area contributed by atoms with Crippen LogP contribution in [0.5, 0.6) is 0 Å². The molecule has 0 N–H and O–H groups in total. The van der Waals surface area contributed by atoms with E-state index >= 15 is 9.59 Å². The number of ether oxygens (including phenoxy) is 10. The van der Waals surface area contributed by atoms with Crippen molar-refractivity contribution >= 4 is 23.9 Å². The normalized spacial score (nSPS) is 26.5. The number of hydrogen-bond donors (Lipinski definition) is 0. The summed E-state index contributed by atoms with van der Waals surface area (Å²) in [7, 11) is 1.44. The molecule has 2 saturated heterocycles. The molecule has 2 fully saturated rings. The van der Waals surface area contributed by atoms with Crippen LogP contribution in [0.4, 0.5) is 0 Å². The van der Waals surface area contributed by atoms with Crippen molar-refractivity contribution in [1.29, 1.82) is 0 Å². The van der Waals surface area contributed by atoms with Crippen LogP contribution in [0.2, 0.25) is 0 Å². The first-order valence-electron chi connectivity index (χ1n) is 21.5. The molecule has 14 nitrogen and oxygen atoms in total. The summed E-state index contributed by atoms with van der Waals surface area (Å²) >= 11 is 0. The maximum absolute atomic E-state index is 15.5. The summed E-state index contributed by atoms with van der Waals surface area (Å²) in [5.74, 6) is -7.51. The maximum Gasteiger partial charge on any atom is 0.346 e. The molecule has 0 spiro atoms. The summed E-state index contributed by atoms with van der Waals surface area (Å²) in [6.07, 6.45) is -4.57. The van der Waals surface area contributed by atoms with E-state index in [1.807, 2.05) is 44.2 Å². The fourth-order valence-corrected chi connectivity index (χ4v) is 7.60. The molecule has 346 valence electrons. The van der Waals surface area contributed by atoms with Gasteiger partial charge < -0.3 is 47.4 Å². The lowest BCUT2D eigenvalue weighted by Gasteiger charge is -2.53. The molecule has 2 aliphatic heterocycles. The van der Waals surface area contributed by atoms with Gasteiger partial charge >= 0.3 is 23.9 Å². The van der Waals surface area contributed by atoms with Gasteiger partial charge in [-0.15, -0.1) is 0 Å². The molecule has 0 aliphatic carbocycles. The molecule has 1 aromatic rings. The lowest BCUT2D eigenvalue weighted by molar-refractivity contribution is -0.392. The number of carbonyl (C=O) groups excluding carboxylic acids is 4. The van der Waals surface area contributed by atoms with E-state index in [0.29, 0.717) is 24.8 Å². The highest BCUT2D eigenvalue weighted by atomic mass is 16.8. The minimum Gasteiger partial charge on any atom is -0.458 e. The number of benzene rings is 1. The zero-order chi connectivity index (χ0) is 46.4. The molecule has 0 radical (unpaired) electrons. The number of esters is 4. The smallest absolute Gasteiger partial charge is 0.346 e. The zero-order valence-corrected chi connectivity index (χ0v) is 39.6. The topological polar surface area (TPSA) is 161 Å². The number of methoxy groups -OCH3 is 1. The lowest BCUT2D eigenvalue weighted by atomic mass is 9.73. The van der Waals surface area contributed by atoms with Crippen molar-refractivity contribution in [3.63, 3.8) is 0 Å². The molecule has 8 atom stereocenters. The summed E-state index contributed by atoms with van der Waals surface area (Å²) in [6, 6.07) is 9.78. The Morgan fingerprint density at radius 1 is 0.803 bits per heavy atom. The van der Waals surface area contributed by atoms with Crippen molar-refractivity contribution in [2.24, 2.45) is 5.92 Å². The highest BCUT2D eigenvalue weighted by molar-refractivity contribution is 6.00. The number of rotatable bonds is 20. The Morgan fingerprint density at radius 3 is 1.87 bits per heavy atom. The summed E-state index contributed by atoms with van der Waals surface area (Å²) in [6.45, 7) is 29.4. The Balaban J connectivity index is 2.49. The predicted octanol–water partition coefficient (Wildman–Crippen LogP) is 7.75. The van der Waals surface area contributed by atoms with Crippen LogP contribution >= 0.6 is 0 Å². The highest BCUT2D eigenvalue weighted by Crippen LogP contribution is 2.60. The van der Waals surface area contributed by atoms with E-state index in [1.54, 1.807) is 83.1 Å². The second-order valence-electron chi connectivity index (χ2n) is 19.6. The predicted molar refractivity (Wildman–Crippen MR) is 227 cm³/mol. The van der Waals surface area contributed by atoms with Gasteiger partial charge in [-0.05, 0) is 113 Å². The Bertz CT molecular complexity index is 1670. The van der Waals surface area contributed by atoms with Crippen molar-refractivity contribution in [1.82, 2.24) is 0 Å². The van der Waals surface area contributed by atoms with Crippen molar-refractivity contribution in [2.75, 3.05) is 20.3 Å². The van der Waals surface area contributed by atoms with E-state index < -0.39 is 87.9 Å². The van der Waals surface area contributed by atoms with E-state index in [2.05, 4.69) is 6.58 Å². The van der Waals surface area contributed by atoms with Gasteiger partial charge in [0, 0.05) is 39.6 Å². The van der Waals surface area contributed by atoms with Crippen LogP contribution in [0.25, 0.3) is 0 Å². The highest BCUT2D eigenvalue weighted by Gasteiger charge is 2.87. The monoisotopic (exact) mass is 863 g/mol. The molecule has 2 aliphatic rings. The summed E-state index contributed by atoms with van der Waals surface area (Å²) in [4.78, 5) is 58.4. The van der Waals surface area contributed by atoms with Gasteiger partial charge in [0.25, 0.3) is 0 Å². The van der Waals surface area contributed by atoms with E-state index in [9.17, 15) is 9.59 Å². The zero-order valence-electron chi connectivity index (χ0n) is 39.6. The van der Waals surface area contributed by atoms with Crippen molar-refractivity contribution in [2.45, 2.75) is 200 Å². The molecular formula is C47H74O14. The molecule has 2 heterocycles. The third-order valence-corrected chi connectivity index (χ3v) is 10.1. The molecule has 14 heteroatoms. The molecule has 1 aromatic carbocycles. The van der Waals surface area contributed by atoms with Crippen LogP contribution in [0.1, 0.15) is 135 Å². The van der Waals surface area contributed by atoms with Gasteiger partial charge in [-0.2, -0.15) is 0 Å². The van der Waals surface area contributed by atoms with Gasteiger partial charge in [0.05, 0.1) is 0 Å². The molecular weight excluding hydrogens is 789 g/mol. The van der Waals surface area contributed by atoms with Crippen LogP contribution in [-0.4, -0.2) is 108 Å². The van der Waals surface area contributed by atoms with Crippen LogP contribution in [0.15, 0.2) is 42.5 Å². The average molecular weight is 863 g/mol. The number of fused-ring (bicyclic) bond motifs is 2. The largest absolute Gasteiger partial charge is 0.458 e. The fourth-order valence-electron chi connectivity index (χ4n) is 7.60. The minimum absolute atomic E-state index is 0.0371. The van der Waals surface area contributed by atoms with Gasteiger partial charge in [0.15, 0.2) is 5.79 Å². The summed E-state index contributed by atoms with van der Waals surface area (Å²) in [5, 5.41) is 0. The minimum atomic E-state index is -2.75. The Hall–Kier alpha value is -3.40. The van der Waals surface area contributed by atoms with Gasteiger partial charge in [-0.3, -0.25) is 4.79 Å². The molecule has 2 unspecified atom stereocenters. The number of carbonyl (C=O) groups is 4. The molecule has 0 aromatic heterocycles. The first kappa shape index (κ1) is 51.9. The lowest BCUT2D eigenvalue weighted by Crippen LogP contribution is -2.80. The Morgan fingerprint density at radius 2 is 1.36 bits per heavy atom. The van der Waals surface area contributed by atoms with Crippen molar-refractivity contribution < 1.29 is 66.5 Å². The molecule has 0 amide bonds.